The van der Waals surface area contributed by atoms with Crippen LogP contribution in [0.1, 0.15) is 24.0 Å². The number of benzene rings is 2. The van der Waals surface area contributed by atoms with Gasteiger partial charge in [-0.1, -0.05) is 30.3 Å². The van der Waals surface area contributed by atoms with Crippen molar-refractivity contribution in [1.29, 1.82) is 0 Å². The minimum atomic E-state index is -0.235. The lowest BCUT2D eigenvalue weighted by molar-refractivity contribution is 0.251. The van der Waals surface area contributed by atoms with Gasteiger partial charge in [-0.25, -0.2) is 9.78 Å². The van der Waals surface area contributed by atoms with E-state index in [1.807, 2.05) is 36.5 Å². The summed E-state index contributed by atoms with van der Waals surface area (Å²) in [7, 11) is 0. The Morgan fingerprint density at radius 3 is 2.46 bits per heavy atom. The Bertz CT molecular complexity index is 1350. The molecule has 0 saturated carbocycles. The Kier molecular flexibility index (Phi) is 6.18. The summed E-state index contributed by atoms with van der Waals surface area (Å²) in [5.41, 5.74) is 5.71. The second kappa shape index (κ2) is 9.93. The molecule has 2 aromatic heterocycles. The molecular weight excluding hydrogens is 460 g/mol. The van der Waals surface area contributed by atoms with Crippen molar-refractivity contribution in [2.24, 2.45) is 0 Å². The van der Waals surface area contributed by atoms with Crippen LogP contribution in [0.5, 0.6) is 0 Å². The Balaban J connectivity index is 1.14. The largest absolute Gasteiger partial charge is 0.357 e. The number of hydrogen-bond acceptors (Lipinski definition) is 5. The van der Waals surface area contributed by atoms with Gasteiger partial charge in [-0.15, -0.1) is 0 Å². The molecule has 0 radical (unpaired) electrons. The van der Waals surface area contributed by atoms with Crippen LogP contribution in [-0.4, -0.2) is 35.6 Å². The monoisotopic (exact) mass is 490 g/mol. The van der Waals surface area contributed by atoms with E-state index in [4.69, 9.17) is 0 Å². The molecule has 2 aliphatic heterocycles. The second-order valence-electron chi connectivity index (χ2n) is 9.77. The molecule has 6 rings (SSSR count). The number of urea groups is 1. The van der Waals surface area contributed by atoms with Crippen LogP contribution >= 0.6 is 0 Å². The highest BCUT2D eigenvalue weighted by Crippen LogP contribution is 2.49. The Morgan fingerprint density at radius 1 is 0.892 bits per heavy atom. The number of carbonyl (C=O) groups is 1. The summed E-state index contributed by atoms with van der Waals surface area (Å²) >= 11 is 0. The van der Waals surface area contributed by atoms with Crippen LogP contribution < -0.4 is 20.4 Å². The summed E-state index contributed by atoms with van der Waals surface area (Å²) in [6.07, 6.45) is 7.52. The summed E-state index contributed by atoms with van der Waals surface area (Å²) in [4.78, 5) is 25.8. The third-order valence-electron chi connectivity index (χ3n) is 7.53. The topological polar surface area (TPSA) is 73.4 Å². The minimum Gasteiger partial charge on any atom is -0.357 e. The third kappa shape index (κ3) is 4.72. The van der Waals surface area contributed by atoms with Crippen molar-refractivity contribution in [3.05, 3.63) is 109 Å². The quantitative estimate of drug-likeness (QED) is 0.387. The standard InChI is InChI=1S/C30H30N6O/c37-29(33-21-23-6-5-16-31-20-23)34-24-10-12-25(13-11-24)36-22-30(26-7-1-2-8-27(26)36)14-18-35(19-15-30)28-9-3-4-17-32-28/h1-13,16-17,20H,14-15,18-19,21-22H2,(H2,33,34,37). The zero-order valence-electron chi connectivity index (χ0n) is 20.7. The van der Waals surface area contributed by atoms with Crippen molar-refractivity contribution in [3.8, 4) is 0 Å². The van der Waals surface area contributed by atoms with Gasteiger partial charge < -0.3 is 20.4 Å². The van der Waals surface area contributed by atoms with E-state index in [0.29, 0.717) is 6.54 Å². The van der Waals surface area contributed by atoms with E-state index >= 15 is 0 Å². The third-order valence-corrected chi connectivity index (χ3v) is 7.53. The van der Waals surface area contributed by atoms with Crippen LogP contribution in [0.25, 0.3) is 0 Å². The molecule has 2 amide bonds. The highest BCUT2D eigenvalue weighted by Gasteiger charge is 2.45. The summed E-state index contributed by atoms with van der Waals surface area (Å²) in [5, 5.41) is 5.80. The maximum Gasteiger partial charge on any atom is 0.319 e. The van der Waals surface area contributed by atoms with E-state index in [1.54, 1.807) is 12.4 Å². The normalized spacial score (nSPS) is 15.9. The number of carbonyl (C=O) groups excluding carboxylic acids is 1. The minimum absolute atomic E-state index is 0.130. The fraction of sp³-hybridized carbons (Fsp3) is 0.233. The molecular formula is C30H30N6O. The zero-order valence-corrected chi connectivity index (χ0v) is 20.7. The number of fused-ring (bicyclic) bond motifs is 2. The molecule has 186 valence electrons. The number of pyridine rings is 2. The summed E-state index contributed by atoms with van der Waals surface area (Å²) < 4.78 is 0. The van der Waals surface area contributed by atoms with E-state index in [9.17, 15) is 4.79 Å². The van der Waals surface area contributed by atoms with Crippen LogP contribution in [0, 0.1) is 0 Å². The Labute approximate surface area is 217 Å². The number of para-hydroxylation sites is 1. The molecule has 0 atom stereocenters. The maximum atomic E-state index is 12.4. The number of anilines is 4. The van der Waals surface area contributed by atoms with Gasteiger partial charge in [0.05, 0.1) is 0 Å². The molecule has 2 aromatic carbocycles. The lowest BCUT2D eigenvalue weighted by atomic mass is 9.74. The first-order valence-corrected chi connectivity index (χ1v) is 12.8. The molecule has 1 spiro atoms. The molecule has 1 saturated heterocycles. The number of aromatic nitrogens is 2. The van der Waals surface area contributed by atoms with Crippen molar-refractivity contribution >= 4 is 28.9 Å². The van der Waals surface area contributed by atoms with E-state index in [-0.39, 0.29) is 11.4 Å². The molecule has 0 bridgehead atoms. The van der Waals surface area contributed by atoms with Gasteiger partial charge in [0.1, 0.15) is 5.82 Å². The number of nitrogens with zero attached hydrogens (tertiary/aromatic N) is 4. The van der Waals surface area contributed by atoms with Gasteiger partial charge in [0.25, 0.3) is 0 Å². The lowest BCUT2D eigenvalue weighted by Gasteiger charge is -2.40. The second-order valence-corrected chi connectivity index (χ2v) is 9.77. The number of piperidine rings is 1. The van der Waals surface area contributed by atoms with Crippen LogP contribution in [0.2, 0.25) is 0 Å². The fourth-order valence-electron chi connectivity index (χ4n) is 5.58. The molecule has 37 heavy (non-hydrogen) atoms. The molecule has 7 heteroatoms. The van der Waals surface area contributed by atoms with Gasteiger partial charge in [0.2, 0.25) is 0 Å². The van der Waals surface area contributed by atoms with Crippen molar-refractivity contribution in [2.75, 3.05) is 34.8 Å². The highest BCUT2D eigenvalue weighted by atomic mass is 16.2. The summed E-state index contributed by atoms with van der Waals surface area (Å²) in [6.45, 7) is 3.38. The van der Waals surface area contributed by atoms with E-state index in [2.05, 4.69) is 78.9 Å². The fourth-order valence-corrected chi connectivity index (χ4v) is 5.58. The number of hydrogen-bond donors (Lipinski definition) is 2. The molecule has 2 N–H and O–H groups in total. The van der Waals surface area contributed by atoms with Crippen LogP contribution in [0.15, 0.2) is 97.5 Å². The molecule has 0 aliphatic carbocycles. The van der Waals surface area contributed by atoms with Gasteiger partial charge in [-0.3, -0.25) is 4.98 Å². The highest BCUT2D eigenvalue weighted by molar-refractivity contribution is 5.89. The molecule has 4 aromatic rings. The Hall–Kier alpha value is -4.39. The van der Waals surface area contributed by atoms with Crippen molar-refractivity contribution in [3.63, 3.8) is 0 Å². The first kappa shape index (κ1) is 23.0. The van der Waals surface area contributed by atoms with E-state index in [1.165, 1.54) is 11.3 Å². The average Bonchev–Trinajstić information content (AvgIpc) is 3.27. The Morgan fingerprint density at radius 2 is 1.70 bits per heavy atom. The maximum absolute atomic E-state index is 12.4. The van der Waals surface area contributed by atoms with Crippen LogP contribution in [0.3, 0.4) is 0 Å². The van der Waals surface area contributed by atoms with Gasteiger partial charge >= 0.3 is 6.03 Å². The van der Waals surface area contributed by atoms with Crippen LogP contribution in [-0.2, 0) is 12.0 Å². The molecule has 4 heterocycles. The van der Waals surface area contributed by atoms with Gasteiger partial charge in [-0.05, 0) is 72.5 Å². The molecule has 1 fully saturated rings. The molecule has 7 nitrogen and oxygen atoms in total. The lowest BCUT2D eigenvalue weighted by Crippen LogP contribution is -2.45. The smallest absolute Gasteiger partial charge is 0.319 e. The molecule has 2 aliphatic rings. The summed E-state index contributed by atoms with van der Waals surface area (Å²) in [5.74, 6) is 1.06. The first-order valence-electron chi connectivity index (χ1n) is 12.8. The van der Waals surface area contributed by atoms with Crippen molar-refractivity contribution < 1.29 is 4.79 Å². The predicted molar refractivity (Wildman–Crippen MR) is 147 cm³/mol. The van der Waals surface area contributed by atoms with Gasteiger partial charge in [0.15, 0.2) is 0 Å². The van der Waals surface area contributed by atoms with Crippen LogP contribution in [0.4, 0.5) is 27.7 Å². The van der Waals surface area contributed by atoms with E-state index in [0.717, 1.165) is 55.2 Å². The predicted octanol–water partition coefficient (Wildman–Crippen LogP) is 5.49. The van der Waals surface area contributed by atoms with E-state index < -0.39 is 0 Å². The van der Waals surface area contributed by atoms with Gasteiger partial charge in [0, 0.05) is 67.2 Å². The van der Waals surface area contributed by atoms with Gasteiger partial charge in [-0.2, -0.15) is 0 Å². The molecule has 0 unspecified atom stereocenters. The number of amides is 2. The van der Waals surface area contributed by atoms with Crippen molar-refractivity contribution in [1.82, 2.24) is 15.3 Å². The summed E-state index contributed by atoms with van der Waals surface area (Å²) in [6, 6.07) is 26.6. The first-order chi connectivity index (χ1) is 18.2. The van der Waals surface area contributed by atoms with Crippen molar-refractivity contribution in [2.45, 2.75) is 24.8 Å². The SMILES string of the molecule is O=C(NCc1cccnc1)Nc1ccc(N2CC3(CCN(c4ccccn4)CC3)c3ccccc32)cc1. The average molecular weight is 491 g/mol. The number of rotatable bonds is 5. The number of nitrogens with one attached hydrogen (secondary N) is 2. The zero-order chi connectivity index (χ0) is 25.1.